The first kappa shape index (κ1) is 13.9. The molecule has 0 aliphatic carbocycles. The second-order valence-electron chi connectivity index (χ2n) is 4.83. The fourth-order valence-electron chi connectivity index (χ4n) is 1.60. The molecular weight excluding hydrogens is 254 g/mol. The molecule has 2 aromatic rings. The lowest BCUT2D eigenvalue weighted by Gasteiger charge is -2.09. The van der Waals surface area contributed by atoms with Crippen LogP contribution in [-0.2, 0) is 0 Å². The molecule has 0 saturated carbocycles. The lowest BCUT2D eigenvalue weighted by molar-refractivity contribution is 0.0949. The SMILES string of the molecule is CC(C)CNC(=O)c1cnc(-c2ccncc2)nc1N. The van der Waals surface area contributed by atoms with Crippen LogP contribution in [0, 0.1) is 5.92 Å². The number of carbonyl (C=O) groups is 1. The van der Waals surface area contributed by atoms with Gasteiger partial charge in [-0.05, 0) is 18.1 Å². The van der Waals surface area contributed by atoms with Gasteiger partial charge in [0.25, 0.3) is 5.91 Å². The summed E-state index contributed by atoms with van der Waals surface area (Å²) in [6.07, 6.45) is 4.75. The quantitative estimate of drug-likeness (QED) is 0.879. The predicted molar refractivity (Wildman–Crippen MR) is 76.8 cm³/mol. The largest absolute Gasteiger partial charge is 0.383 e. The van der Waals surface area contributed by atoms with Gasteiger partial charge in [-0.25, -0.2) is 9.97 Å². The Morgan fingerprint density at radius 2 is 2.05 bits per heavy atom. The first-order chi connectivity index (χ1) is 9.58. The summed E-state index contributed by atoms with van der Waals surface area (Å²) in [6.45, 7) is 4.63. The van der Waals surface area contributed by atoms with Crippen molar-refractivity contribution in [2.75, 3.05) is 12.3 Å². The highest BCUT2D eigenvalue weighted by Gasteiger charge is 2.13. The predicted octanol–water partition coefficient (Wildman–Crippen LogP) is 1.51. The Hall–Kier alpha value is -2.50. The molecule has 20 heavy (non-hydrogen) atoms. The molecule has 104 valence electrons. The van der Waals surface area contributed by atoms with Gasteiger partial charge in [0.15, 0.2) is 5.82 Å². The van der Waals surface area contributed by atoms with E-state index in [4.69, 9.17) is 5.73 Å². The maximum Gasteiger partial charge on any atom is 0.256 e. The van der Waals surface area contributed by atoms with Gasteiger partial charge in [-0.15, -0.1) is 0 Å². The van der Waals surface area contributed by atoms with Gasteiger partial charge in [0.1, 0.15) is 5.82 Å². The van der Waals surface area contributed by atoms with Crippen molar-refractivity contribution in [1.29, 1.82) is 0 Å². The summed E-state index contributed by atoms with van der Waals surface area (Å²) in [5.41, 5.74) is 6.94. The minimum absolute atomic E-state index is 0.174. The van der Waals surface area contributed by atoms with E-state index in [1.54, 1.807) is 24.5 Å². The minimum Gasteiger partial charge on any atom is -0.383 e. The fourth-order valence-corrected chi connectivity index (χ4v) is 1.60. The smallest absolute Gasteiger partial charge is 0.256 e. The molecule has 0 aliphatic heterocycles. The highest BCUT2D eigenvalue weighted by Crippen LogP contribution is 2.16. The minimum atomic E-state index is -0.252. The highest BCUT2D eigenvalue weighted by atomic mass is 16.1. The number of hydrogen-bond acceptors (Lipinski definition) is 5. The van der Waals surface area contributed by atoms with Crippen molar-refractivity contribution >= 4 is 11.7 Å². The van der Waals surface area contributed by atoms with Crippen molar-refractivity contribution in [1.82, 2.24) is 20.3 Å². The molecule has 2 rings (SSSR count). The molecule has 0 unspecified atom stereocenters. The highest BCUT2D eigenvalue weighted by molar-refractivity contribution is 5.98. The molecule has 6 heteroatoms. The topological polar surface area (TPSA) is 93.8 Å². The van der Waals surface area contributed by atoms with Crippen LogP contribution in [-0.4, -0.2) is 27.4 Å². The molecule has 0 bridgehead atoms. The average molecular weight is 271 g/mol. The monoisotopic (exact) mass is 271 g/mol. The fraction of sp³-hybridized carbons (Fsp3) is 0.286. The first-order valence-corrected chi connectivity index (χ1v) is 6.39. The third kappa shape index (κ3) is 3.28. The van der Waals surface area contributed by atoms with Gasteiger partial charge in [-0.2, -0.15) is 0 Å². The number of nitrogen functional groups attached to an aromatic ring is 1. The van der Waals surface area contributed by atoms with Gasteiger partial charge in [0.05, 0.1) is 5.56 Å². The first-order valence-electron chi connectivity index (χ1n) is 6.39. The lowest BCUT2D eigenvalue weighted by Crippen LogP contribution is -2.28. The van der Waals surface area contributed by atoms with Crippen LogP contribution in [0.15, 0.2) is 30.7 Å². The van der Waals surface area contributed by atoms with Gasteiger partial charge in [-0.1, -0.05) is 13.8 Å². The van der Waals surface area contributed by atoms with Crippen LogP contribution < -0.4 is 11.1 Å². The van der Waals surface area contributed by atoms with E-state index in [0.29, 0.717) is 23.9 Å². The summed E-state index contributed by atoms with van der Waals surface area (Å²) in [7, 11) is 0. The van der Waals surface area contributed by atoms with Gasteiger partial charge < -0.3 is 11.1 Å². The molecule has 3 N–H and O–H groups in total. The van der Waals surface area contributed by atoms with Crippen LogP contribution >= 0.6 is 0 Å². The number of nitrogens with two attached hydrogens (primary N) is 1. The second-order valence-corrected chi connectivity index (χ2v) is 4.83. The number of pyridine rings is 1. The molecule has 2 aromatic heterocycles. The maximum atomic E-state index is 11.9. The Bertz CT molecular complexity index is 598. The van der Waals surface area contributed by atoms with Gasteiger partial charge in [0, 0.05) is 30.7 Å². The number of carbonyl (C=O) groups excluding carboxylic acids is 1. The number of anilines is 1. The number of hydrogen-bond donors (Lipinski definition) is 2. The Morgan fingerprint density at radius 3 is 2.65 bits per heavy atom. The molecule has 0 radical (unpaired) electrons. The van der Waals surface area contributed by atoms with E-state index in [9.17, 15) is 4.79 Å². The zero-order valence-electron chi connectivity index (χ0n) is 11.5. The average Bonchev–Trinajstić information content (AvgIpc) is 2.45. The molecule has 0 atom stereocenters. The third-order valence-electron chi connectivity index (χ3n) is 2.67. The number of rotatable bonds is 4. The summed E-state index contributed by atoms with van der Waals surface area (Å²) < 4.78 is 0. The Kier molecular flexibility index (Phi) is 4.24. The molecule has 0 aromatic carbocycles. The van der Waals surface area contributed by atoms with Gasteiger partial charge in [0.2, 0.25) is 0 Å². The van der Waals surface area contributed by atoms with Crippen molar-refractivity contribution < 1.29 is 4.79 Å². The summed E-state index contributed by atoms with van der Waals surface area (Å²) in [5.74, 6) is 0.771. The second kappa shape index (κ2) is 6.10. The summed E-state index contributed by atoms with van der Waals surface area (Å²) in [6, 6.07) is 3.57. The molecule has 6 nitrogen and oxygen atoms in total. The summed E-state index contributed by atoms with van der Waals surface area (Å²) in [5, 5.41) is 2.79. The standard InChI is InChI=1S/C14H17N5O/c1-9(2)7-18-14(20)11-8-17-13(19-12(11)15)10-3-5-16-6-4-10/h3-6,8-9H,7H2,1-2H3,(H,18,20)(H2,15,17,19). The Morgan fingerprint density at radius 1 is 1.35 bits per heavy atom. The van der Waals surface area contributed by atoms with E-state index in [2.05, 4.69) is 20.3 Å². The number of amides is 1. The van der Waals surface area contributed by atoms with E-state index >= 15 is 0 Å². The van der Waals surface area contributed by atoms with E-state index in [1.807, 2.05) is 13.8 Å². The zero-order valence-corrected chi connectivity index (χ0v) is 11.5. The summed E-state index contributed by atoms with van der Waals surface area (Å²) >= 11 is 0. The maximum absolute atomic E-state index is 11.9. The van der Waals surface area contributed by atoms with Gasteiger partial charge >= 0.3 is 0 Å². The van der Waals surface area contributed by atoms with Crippen LogP contribution in [0.25, 0.3) is 11.4 Å². The Balaban J connectivity index is 2.20. The molecule has 0 fully saturated rings. The lowest BCUT2D eigenvalue weighted by atomic mass is 10.2. The van der Waals surface area contributed by atoms with Gasteiger partial charge in [-0.3, -0.25) is 9.78 Å². The van der Waals surface area contributed by atoms with Crippen molar-refractivity contribution in [2.45, 2.75) is 13.8 Å². The van der Waals surface area contributed by atoms with Crippen molar-refractivity contribution in [3.05, 3.63) is 36.3 Å². The molecule has 0 spiro atoms. The normalized spacial score (nSPS) is 10.6. The van der Waals surface area contributed by atoms with Crippen LogP contribution in [0.3, 0.4) is 0 Å². The number of aromatic nitrogens is 3. The van der Waals surface area contributed by atoms with Crippen LogP contribution in [0.5, 0.6) is 0 Å². The van der Waals surface area contributed by atoms with Crippen LogP contribution in [0.2, 0.25) is 0 Å². The van der Waals surface area contributed by atoms with Crippen LogP contribution in [0.4, 0.5) is 5.82 Å². The molecule has 1 amide bonds. The van der Waals surface area contributed by atoms with Crippen molar-refractivity contribution in [3.63, 3.8) is 0 Å². The van der Waals surface area contributed by atoms with Crippen molar-refractivity contribution in [2.24, 2.45) is 5.92 Å². The van der Waals surface area contributed by atoms with E-state index in [-0.39, 0.29) is 11.7 Å². The summed E-state index contributed by atoms with van der Waals surface area (Å²) in [4.78, 5) is 24.2. The molecular formula is C14H17N5O. The molecule has 2 heterocycles. The van der Waals surface area contributed by atoms with E-state index in [0.717, 1.165) is 5.56 Å². The molecule has 0 saturated heterocycles. The van der Waals surface area contributed by atoms with Crippen molar-refractivity contribution in [3.8, 4) is 11.4 Å². The van der Waals surface area contributed by atoms with E-state index < -0.39 is 0 Å². The number of nitrogens with one attached hydrogen (secondary N) is 1. The van der Waals surface area contributed by atoms with Crippen LogP contribution in [0.1, 0.15) is 24.2 Å². The molecule has 0 aliphatic rings. The third-order valence-corrected chi connectivity index (χ3v) is 2.67. The van der Waals surface area contributed by atoms with E-state index in [1.165, 1.54) is 6.20 Å². The number of nitrogens with zero attached hydrogens (tertiary/aromatic N) is 3. The Labute approximate surface area is 117 Å². The zero-order chi connectivity index (χ0) is 14.5.